The number of hydrogen-bond acceptors (Lipinski definition) is 4. The van der Waals surface area contributed by atoms with Gasteiger partial charge < -0.3 is 14.6 Å². The van der Waals surface area contributed by atoms with E-state index >= 15 is 0 Å². The maximum absolute atomic E-state index is 12.2. The summed E-state index contributed by atoms with van der Waals surface area (Å²) in [4.78, 5) is 37.2. The summed E-state index contributed by atoms with van der Waals surface area (Å²) in [6, 6.07) is 6.81. The number of Topliss-reactive ketones (excluding diaryl/α,β-unsaturated/α-hetero) is 1. The van der Waals surface area contributed by atoms with Gasteiger partial charge in [0, 0.05) is 31.5 Å². The van der Waals surface area contributed by atoms with Crippen LogP contribution in [0.15, 0.2) is 28.7 Å². The van der Waals surface area contributed by atoms with Gasteiger partial charge in [-0.2, -0.15) is 0 Å². The highest BCUT2D eigenvalue weighted by Crippen LogP contribution is 2.31. The van der Waals surface area contributed by atoms with Gasteiger partial charge in [-0.1, -0.05) is 11.6 Å². The van der Waals surface area contributed by atoms with Gasteiger partial charge in [-0.25, -0.2) is 0 Å². The lowest BCUT2D eigenvalue weighted by molar-refractivity contribution is -0.117. The topological polar surface area (TPSA) is 79.6 Å². The number of ketones is 1. The third-order valence-electron chi connectivity index (χ3n) is 4.54. The molecule has 0 bridgehead atoms. The van der Waals surface area contributed by atoms with Crippen LogP contribution in [0, 0.1) is 6.92 Å². The van der Waals surface area contributed by atoms with Gasteiger partial charge >= 0.3 is 0 Å². The number of furan rings is 1. The zero-order valence-electron chi connectivity index (χ0n) is 15.3. The number of anilines is 2. The molecule has 7 heteroatoms. The van der Waals surface area contributed by atoms with Crippen LogP contribution in [-0.4, -0.2) is 24.1 Å². The summed E-state index contributed by atoms with van der Waals surface area (Å²) < 4.78 is 5.52. The monoisotopic (exact) mass is 388 g/mol. The van der Waals surface area contributed by atoms with E-state index in [1.165, 1.54) is 6.92 Å². The maximum atomic E-state index is 12.2. The first-order valence-electron chi connectivity index (χ1n) is 8.85. The second-order valence-corrected chi connectivity index (χ2v) is 7.01. The van der Waals surface area contributed by atoms with Crippen molar-refractivity contribution in [1.82, 2.24) is 0 Å². The van der Waals surface area contributed by atoms with Gasteiger partial charge in [-0.05, 0) is 44.5 Å². The molecule has 3 rings (SSSR count). The molecule has 1 aliphatic rings. The highest BCUT2D eigenvalue weighted by molar-refractivity contribution is 6.34. The second kappa shape index (κ2) is 7.96. The average molecular weight is 389 g/mol. The van der Waals surface area contributed by atoms with Crippen molar-refractivity contribution < 1.29 is 18.8 Å². The number of benzene rings is 1. The molecule has 2 aromatic rings. The van der Waals surface area contributed by atoms with Gasteiger partial charge in [-0.3, -0.25) is 14.4 Å². The lowest BCUT2D eigenvalue weighted by atomic mass is 10.1. The number of rotatable bonds is 6. The van der Waals surface area contributed by atoms with Crippen LogP contribution in [0.4, 0.5) is 11.4 Å². The Hall–Kier alpha value is -2.60. The number of amides is 2. The Morgan fingerprint density at radius 1 is 1.30 bits per heavy atom. The van der Waals surface area contributed by atoms with Gasteiger partial charge in [0.2, 0.25) is 11.8 Å². The van der Waals surface area contributed by atoms with Crippen molar-refractivity contribution in [1.29, 1.82) is 0 Å². The number of halogens is 1. The van der Waals surface area contributed by atoms with E-state index in [-0.39, 0.29) is 24.0 Å². The van der Waals surface area contributed by atoms with Crippen molar-refractivity contribution in [2.45, 2.75) is 39.5 Å². The normalized spacial score (nSPS) is 13.9. The van der Waals surface area contributed by atoms with E-state index in [1.807, 2.05) is 0 Å². The van der Waals surface area contributed by atoms with Crippen LogP contribution in [0.5, 0.6) is 0 Å². The van der Waals surface area contributed by atoms with Gasteiger partial charge in [0.25, 0.3) is 0 Å². The minimum absolute atomic E-state index is 0.0573. The van der Waals surface area contributed by atoms with E-state index < -0.39 is 0 Å². The van der Waals surface area contributed by atoms with Gasteiger partial charge in [0.1, 0.15) is 11.5 Å². The van der Waals surface area contributed by atoms with E-state index in [2.05, 4.69) is 5.32 Å². The number of carbonyl (C=O) groups is 3. The van der Waals surface area contributed by atoms with Crippen molar-refractivity contribution >= 4 is 40.6 Å². The molecule has 1 aromatic heterocycles. The Labute approximate surface area is 162 Å². The number of hydrogen-bond donors (Lipinski definition) is 1. The van der Waals surface area contributed by atoms with Crippen LogP contribution in [-0.2, 0) is 16.0 Å². The summed E-state index contributed by atoms with van der Waals surface area (Å²) in [7, 11) is 0. The van der Waals surface area contributed by atoms with Gasteiger partial charge in [0.05, 0.1) is 16.3 Å². The van der Waals surface area contributed by atoms with Crippen molar-refractivity contribution in [3.63, 3.8) is 0 Å². The zero-order chi connectivity index (χ0) is 19.6. The first-order chi connectivity index (χ1) is 12.8. The van der Waals surface area contributed by atoms with Crippen LogP contribution in [0.25, 0.3) is 0 Å². The van der Waals surface area contributed by atoms with Crippen molar-refractivity contribution in [2.24, 2.45) is 0 Å². The predicted octanol–water partition coefficient (Wildman–Crippen LogP) is 4.14. The standard InChI is InChI=1S/C20H21ClN2O4/c1-12(24)16-11-15(27-13(16)2)6-8-19(25)22-14-5-7-18(17(21)10-14)23-9-3-4-20(23)26/h5,7,10-11H,3-4,6,8-9H2,1-2H3,(H,22,25). The fraction of sp³-hybridized carbons (Fsp3) is 0.350. The first kappa shape index (κ1) is 19.2. The van der Waals surface area contributed by atoms with Crippen molar-refractivity contribution in [3.05, 3.63) is 46.4 Å². The van der Waals surface area contributed by atoms with Crippen LogP contribution < -0.4 is 10.2 Å². The number of nitrogens with zero attached hydrogens (tertiary/aromatic N) is 1. The number of aryl methyl sites for hydroxylation is 2. The summed E-state index contributed by atoms with van der Waals surface area (Å²) in [5.41, 5.74) is 1.78. The summed E-state index contributed by atoms with van der Waals surface area (Å²) >= 11 is 6.29. The molecule has 0 unspecified atom stereocenters. The molecule has 27 heavy (non-hydrogen) atoms. The molecule has 6 nitrogen and oxygen atoms in total. The predicted molar refractivity (Wildman–Crippen MR) is 103 cm³/mol. The van der Waals surface area contributed by atoms with Crippen LogP contribution in [0.3, 0.4) is 0 Å². The highest BCUT2D eigenvalue weighted by Gasteiger charge is 2.23. The summed E-state index contributed by atoms with van der Waals surface area (Å²) in [5, 5.41) is 3.22. The Balaban J connectivity index is 1.59. The third-order valence-corrected chi connectivity index (χ3v) is 4.84. The molecular formula is C20H21ClN2O4. The SMILES string of the molecule is CC(=O)c1cc(CCC(=O)Nc2ccc(N3CCCC3=O)c(Cl)c2)oc1C. The lowest BCUT2D eigenvalue weighted by Crippen LogP contribution is -2.24. The molecule has 0 spiro atoms. The number of nitrogens with one attached hydrogen (secondary N) is 1. The first-order valence-corrected chi connectivity index (χ1v) is 9.23. The van der Waals surface area contributed by atoms with Crippen molar-refractivity contribution in [3.8, 4) is 0 Å². The molecule has 0 atom stereocenters. The Morgan fingerprint density at radius 2 is 2.07 bits per heavy atom. The molecule has 1 fully saturated rings. The third kappa shape index (κ3) is 4.39. The molecule has 142 valence electrons. The van der Waals surface area contributed by atoms with Crippen LogP contribution in [0.2, 0.25) is 5.02 Å². The molecule has 1 N–H and O–H groups in total. The largest absolute Gasteiger partial charge is 0.466 e. The quantitative estimate of drug-likeness (QED) is 0.754. The Kier molecular flexibility index (Phi) is 5.65. The van der Waals surface area contributed by atoms with E-state index in [0.717, 1.165) is 6.42 Å². The maximum Gasteiger partial charge on any atom is 0.227 e. The smallest absolute Gasteiger partial charge is 0.227 e. The minimum Gasteiger partial charge on any atom is -0.466 e. The average Bonchev–Trinajstić information content (AvgIpc) is 3.19. The molecule has 1 aliphatic heterocycles. The summed E-state index contributed by atoms with van der Waals surface area (Å²) in [5.74, 6) is 0.991. The fourth-order valence-electron chi connectivity index (χ4n) is 3.18. The van der Waals surface area contributed by atoms with E-state index in [9.17, 15) is 14.4 Å². The van der Waals surface area contributed by atoms with E-state index in [1.54, 1.807) is 36.1 Å². The molecule has 0 saturated carbocycles. The van der Waals surface area contributed by atoms with Gasteiger partial charge in [0.15, 0.2) is 5.78 Å². The van der Waals surface area contributed by atoms with Crippen molar-refractivity contribution in [2.75, 3.05) is 16.8 Å². The zero-order valence-corrected chi connectivity index (χ0v) is 16.1. The second-order valence-electron chi connectivity index (χ2n) is 6.60. The van der Waals surface area contributed by atoms with E-state index in [4.69, 9.17) is 16.0 Å². The Morgan fingerprint density at radius 3 is 2.67 bits per heavy atom. The molecule has 1 aromatic carbocycles. The molecule has 1 saturated heterocycles. The molecule has 2 amide bonds. The molecule has 0 aliphatic carbocycles. The summed E-state index contributed by atoms with van der Waals surface area (Å²) in [6.45, 7) is 3.88. The highest BCUT2D eigenvalue weighted by atomic mass is 35.5. The van der Waals surface area contributed by atoms with Crippen LogP contribution in [0.1, 0.15) is 48.1 Å². The minimum atomic E-state index is -0.186. The van der Waals surface area contributed by atoms with E-state index in [0.29, 0.717) is 52.9 Å². The molecule has 2 heterocycles. The van der Waals surface area contributed by atoms with Gasteiger partial charge in [-0.15, -0.1) is 0 Å². The summed E-state index contributed by atoms with van der Waals surface area (Å²) in [6.07, 6.45) is 1.97. The fourth-order valence-corrected chi connectivity index (χ4v) is 3.47. The molecule has 0 radical (unpaired) electrons. The Bertz CT molecular complexity index is 903. The van der Waals surface area contributed by atoms with Crippen LogP contribution >= 0.6 is 11.6 Å². The number of carbonyl (C=O) groups excluding carboxylic acids is 3. The molecular weight excluding hydrogens is 368 g/mol. The lowest BCUT2D eigenvalue weighted by Gasteiger charge is -2.18.